The maximum absolute atomic E-state index is 14.0. The number of benzene rings is 1. The summed E-state index contributed by atoms with van der Waals surface area (Å²) in [6, 6.07) is 7.88. The lowest BCUT2D eigenvalue weighted by Gasteiger charge is -2.40. The summed E-state index contributed by atoms with van der Waals surface area (Å²) in [6.07, 6.45) is 2.87. The highest BCUT2D eigenvalue weighted by molar-refractivity contribution is 5.78. The molecule has 2 aromatic rings. The number of rotatable bonds is 5. The van der Waals surface area contributed by atoms with Crippen molar-refractivity contribution in [3.8, 4) is 0 Å². The molecule has 154 valence electrons. The number of piperidine rings is 1. The molecule has 0 bridgehead atoms. The molecule has 1 aromatic carbocycles. The zero-order valence-electron chi connectivity index (χ0n) is 16.5. The fourth-order valence-electron chi connectivity index (χ4n) is 4.53. The molecule has 0 N–H and O–H groups in total. The lowest BCUT2D eigenvalue weighted by atomic mass is 9.74. The molecule has 1 amide bonds. The fourth-order valence-corrected chi connectivity index (χ4v) is 4.53. The van der Waals surface area contributed by atoms with Gasteiger partial charge in [0.05, 0.1) is 19.2 Å². The second-order valence-corrected chi connectivity index (χ2v) is 7.88. The number of hydrogen-bond acceptors (Lipinski definition) is 4. The van der Waals surface area contributed by atoms with Gasteiger partial charge in [-0.3, -0.25) is 9.78 Å². The number of halogens is 2. The molecule has 0 unspecified atom stereocenters. The van der Waals surface area contributed by atoms with Crippen LogP contribution < -0.4 is 4.90 Å². The van der Waals surface area contributed by atoms with Crippen LogP contribution in [-0.4, -0.2) is 55.7 Å². The summed E-state index contributed by atoms with van der Waals surface area (Å²) < 4.78 is 32.3. The predicted octanol–water partition coefficient (Wildman–Crippen LogP) is 2.93. The summed E-state index contributed by atoms with van der Waals surface area (Å²) in [6.45, 7) is 3.43. The molecule has 5 nitrogen and oxygen atoms in total. The molecule has 3 heterocycles. The molecule has 4 rings (SSSR count). The molecule has 1 fully saturated rings. The SMILES string of the molecule is COCCN1CC2(CCN(C(=O)Cc3ccc(F)cn3)CC2)c2cc(F)ccc21. The fraction of sp³-hybridized carbons (Fsp3) is 0.455. The Morgan fingerprint density at radius 1 is 1.17 bits per heavy atom. The van der Waals surface area contributed by atoms with E-state index in [0.717, 1.165) is 43.4 Å². The van der Waals surface area contributed by atoms with E-state index < -0.39 is 5.82 Å². The maximum Gasteiger partial charge on any atom is 0.228 e. The molecule has 0 radical (unpaired) electrons. The molecule has 2 aliphatic rings. The molecule has 0 saturated carbocycles. The van der Waals surface area contributed by atoms with E-state index in [4.69, 9.17) is 4.74 Å². The van der Waals surface area contributed by atoms with Gasteiger partial charge < -0.3 is 14.5 Å². The topological polar surface area (TPSA) is 45.7 Å². The summed E-state index contributed by atoms with van der Waals surface area (Å²) in [4.78, 5) is 20.7. The van der Waals surface area contributed by atoms with Crippen LogP contribution in [0.4, 0.5) is 14.5 Å². The molecule has 2 aliphatic heterocycles. The van der Waals surface area contributed by atoms with E-state index in [9.17, 15) is 13.6 Å². The third-order valence-electron chi connectivity index (χ3n) is 6.12. The Kier molecular flexibility index (Phi) is 5.50. The molecule has 1 saturated heterocycles. The van der Waals surface area contributed by atoms with Gasteiger partial charge in [-0.2, -0.15) is 0 Å². The van der Waals surface area contributed by atoms with E-state index >= 15 is 0 Å². The Labute approximate surface area is 169 Å². The summed E-state index contributed by atoms with van der Waals surface area (Å²) in [5.74, 6) is -0.642. The van der Waals surface area contributed by atoms with Crippen LogP contribution in [0.3, 0.4) is 0 Å². The lowest BCUT2D eigenvalue weighted by Crippen LogP contribution is -2.47. The molecule has 1 aromatic heterocycles. The minimum Gasteiger partial charge on any atom is -0.383 e. The normalized spacial score (nSPS) is 17.6. The first kappa shape index (κ1) is 19.8. The van der Waals surface area contributed by atoms with Crippen LogP contribution in [0.25, 0.3) is 0 Å². The Morgan fingerprint density at radius 3 is 2.62 bits per heavy atom. The van der Waals surface area contributed by atoms with Crippen molar-refractivity contribution in [3.05, 3.63) is 59.4 Å². The zero-order chi connectivity index (χ0) is 20.4. The molecule has 0 atom stereocenters. The van der Waals surface area contributed by atoms with Crippen LogP contribution in [-0.2, 0) is 21.4 Å². The maximum atomic E-state index is 14.0. The Bertz CT molecular complexity index is 880. The molecule has 0 aliphatic carbocycles. The number of methoxy groups -OCH3 is 1. The van der Waals surface area contributed by atoms with Gasteiger partial charge in [0.25, 0.3) is 0 Å². The summed E-state index contributed by atoms with van der Waals surface area (Å²) in [5, 5.41) is 0. The first-order valence-corrected chi connectivity index (χ1v) is 9.93. The lowest BCUT2D eigenvalue weighted by molar-refractivity contribution is -0.132. The van der Waals surface area contributed by atoms with Gasteiger partial charge >= 0.3 is 0 Å². The third-order valence-corrected chi connectivity index (χ3v) is 6.12. The van der Waals surface area contributed by atoms with Crippen LogP contribution >= 0.6 is 0 Å². The van der Waals surface area contributed by atoms with Gasteiger partial charge in [0.1, 0.15) is 11.6 Å². The second-order valence-electron chi connectivity index (χ2n) is 7.88. The second kappa shape index (κ2) is 8.06. The van der Waals surface area contributed by atoms with E-state index in [0.29, 0.717) is 25.4 Å². The number of carbonyl (C=O) groups is 1. The number of hydrogen-bond donors (Lipinski definition) is 0. The van der Waals surface area contributed by atoms with Crippen molar-refractivity contribution in [2.75, 3.05) is 44.8 Å². The van der Waals surface area contributed by atoms with Crippen LogP contribution in [0.1, 0.15) is 24.1 Å². The number of carbonyl (C=O) groups excluding carboxylic acids is 1. The van der Waals surface area contributed by atoms with Gasteiger partial charge in [0.15, 0.2) is 0 Å². The Balaban J connectivity index is 1.46. The number of ether oxygens (including phenoxy) is 1. The molecular weight excluding hydrogens is 376 g/mol. The number of pyridine rings is 1. The summed E-state index contributed by atoms with van der Waals surface area (Å²) in [5.41, 5.74) is 2.53. The van der Waals surface area contributed by atoms with Gasteiger partial charge in [0.2, 0.25) is 5.91 Å². The number of fused-ring (bicyclic) bond motifs is 2. The first-order chi connectivity index (χ1) is 14.0. The zero-order valence-corrected chi connectivity index (χ0v) is 16.5. The highest BCUT2D eigenvalue weighted by atomic mass is 19.1. The summed E-state index contributed by atoms with van der Waals surface area (Å²) in [7, 11) is 1.68. The van der Waals surface area contributed by atoms with Gasteiger partial charge in [-0.15, -0.1) is 0 Å². The monoisotopic (exact) mass is 401 g/mol. The standard InChI is InChI=1S/C22H25F2N3O2/c1-29-11-10-27-15-22(19-12-16(23)3-5-20(19)27)6-8-26(9-7-22)21(28)13-18-4-2-17(24)14-25-18/h2-5,12,14H,6-11,13,15H2,1H3. The number of aromatic nitrogens is 1. The Hall–Kier alpha value is -2.54. The van der Waals surface area contributed by atoms with Crippen molar-refractivity contribution in [2.24, 2.45) is 0 Å². The average molecular weight is 401 g/mol. The largest absolute Gasteiger partial charge is 0.383 e. The van der Waals surface area contributed by atoms with E-state index in [2.05, 4.69) is 9.88 Å². The quantitative estimate of drug-likeness (QED) is 0.773. The van der Waals surface area contributed by atoms with Gasteiger partial charge in [-0.05, 0) is 48.7 Å². The third kappa shape index (κ3) is 3.96. The average Bonchev–Trinajstić information content (AvgIpc) is 3.01. The van der Waals surface area contributed by atoms with Crippen molar-refractivity contribution in [2.45, 2.75) is 24.7 Å². The van der Waals surface area contributed by atoms with Crippen LogP contribution in [0.5, 0.6) is 0 Å². The van der Waals surface area contributed by atoms with Crippen LogP contribution in [0.2, 0.25) is 0 Å². The minimum atomic E-state index is -0.411. The van der Waals surface area contributed by atoms with Crippen molar-refractivity contribution in [1.29, 1.82) is 0 Å². The molecule has 7 heteroatoms. The molecule has 29 heavy (non-hydrogen) atoms. The number of anilines is 1. The van der Waals surface area contributed by atoms with Crippen molar-refractivity contribution in [3.63, 3.8) is 0 Å². The van der Waals surface area contributed by atoms with Crippen LogP contribution in [0.15, 0.2) is 36.5 Å². The number of likely N-dealkylation sites (tertiary alicyclic amines) is 1. The molecular formula is C22H25F2N3O2. The first-order valence-electron chi connectivity index (χ1n) is 9.93. The number of nitrogens with zero attached hydrogens (tertiary/aromatic N) is 3. The Morgan fingerprint density at radius 2 is 1.93 bits per heavy atom. The van der Waals surface area contributed by atoms with E-state index in [-0.39, 0.29) is 23.6 Å². The van der Waals surface area contributed by atoms with E-state index in [1.54, 1.807) is 19.2 Å². The van der Waals surface area contributed by atoms with Crippen LogP contribution in [0, 0.1) is 11.6 Å². The smallest absolute Gasteiger partial charge is 0.228 e. The summed E-state index contributed by atoms with van der Waals surface area (Å²) >= 11 is 0. The molecule has 1 spiro atoms. The van der Waals surface area contributed by atoms with Crippen molar-refractivity contribution >= 4 is 11.6 Å². The van der Waals surface area contributed by atoms with E-state index in [1.165, 1.54) is 12.1 Å². The highest BCUT2D eigenvalue weighted by Crippen LogP contribution is 2.47. The minimum absolute atomic E-state index is 0.00680. The van der Waals surface area contributed by atoms with Gasteiger partial charge in [0, 0.05) is 50.1 Å². The van der Waals surface area contributed by atoms with Crippen molar-refractivity contribution < 1.29 is 18.3 Å². The highest BCUT2D eigenvalue weighted by Gasteiger charge is 2.45. The van der Waals surface area contributed by atoms with Gasteiger partial charge in [-0.1, -0.05) is 0 Å². The number of amides is 1. The van der Waals surface area contributed by atoms with Crippen molar-refractivity contribution in [1.82, 2.24) is 9.88 Å². The van der Waals surface area contributed by atoms with E-state index in [1.807, 2.05) is 11.0 Å². The van der Waals surface area contributed by atoms with Gasteiger partial charge in [-0.25, -0.2) is 8.78 Å². The predicted molar refractivity (Wildman–Crippen MR) is 106 cm³/mol.